The molecule has 0 unspecified atom stereocenters. The van der Waals surface area contributed by atoms with E-state index in [0.717, 1.165) is 0 Å². The molecule has 0 aliphatic heterocycles. The Kier molecular flexibility index (Phi) is 3.40. The van der Waals surface area contributed by atoms with Crippen molar-refractivity contribution in [3.63, 3.8) is 0 Å². The molecule has 0 radical (unpaired) electrons. The molecule has 68 valence electrons. The van der Waals surface area contributed by atoms with Crippen LogP contribution in [0.15, 0.2) is 24.0 Å². The topological polar surface area (TPSA) is 64.2 Å². The molecule has 1 aromatic rings. The monoisotopic (exact) mass is 196 g/mol. The highest BCUT2D eigenvalue weighted by molar-refractivity contribution is 6.32. The molecule has 5 heteroatoms. The normalized spacial score (nSPS) is 10.5. The number of aliphatic imine (C=N–C) groups is 1. The predicted octanol–water partition coefficient (Wildman–Crippen LogP) is 1.32. The van der Waals surface area contributed by atoms with E-state index in [4.69, 9.17) is 17.3 Å². The van der Waals surface area contributed by atoms with Gasteiger partial charge in [-0.25, -0.2) is 9.97 Å². The van der Waals surface area contributed by atoms with Gasteiger partial charge in [0, 0.05) is 6.21 Å². The van der Waals surface area contributed by atoms with Gasteiger partial charge in [-0.3, -0.25) is 4.99 Å². The number of anilines is 1. The Morgan fingerprint density at radius 3 is 3.00 bits per heavy atom. The predicted molar refractivity (Wildman–Crippen MR) is 54.1 cm³/mol. The minimum absolute atomic E-state index is 0.306. The molecule has 0 spiro atoms. The number of hydrogen-bond donors (Lipinski definition) is 1. The summed E-state index contributed by atoms with van der Waals surface area (Å²) < 4.78 is 0. The first kappa shape index (κ1) is 9.67. The summed E-state index contributed by atoms with van der Waals surface area (Å²) in [4.78, 5) is 11.6. The zero-order valence-electron chi connectivity index (χ0n) is 6.94. The maximum Gasteiger partial charge on any atom is 0.143 e. The minimum atomic E-state index is 0.306. The summed E-state index contributed by atoms with van der Waals surface area (Å²) >= 11 is 5.76. The van der Waals surface area contributed by atoms with Gasteiger partial charge in [0.15, 0.2) is 0 Å². The maximum absolute atomic E-state index is 5.76. The quantitative estimate of drug-likeness (QED) is 0.451. The van der Waals surface area contributed by atoms with Gasteiger partial charge in [0.25, 0.3) is 0 Å². The third-order valence-corrected chi connectivity index (χ3v) is 1.62. The van der Waals surface area contributed by atoms with Crippen molar-refractivity contribution in [2.24, 2.45) is 4.99 Å². The Morgan fingerprint density at radius 2 is 2.38 bits per heavy atom. The van der Waals surface area contributed by atoms with Gasteiger partial charge in [0.05, 0.1) is 12.1 Å². The van der Waals surface area contributed by atoms with Gasteiger partial charge in [-0.15, -0.1) is 6.58 Å². The third-order valence-electron chi connectivity index (χ3n) is 1.32. The SMILES string of the molecule is C=CCN=Cc1c(N)ncnc1Cl. The lowest BCUT2D eigenvalue weighted by molar-refractivity contribution is 1.17. The van der Waals surface area contributed by atoms with E-state index in [2.05, 4.69) is 21.5 Å². The molecule has 0 amide bonds. The number of halogens is 1. The van der Waals surface area contributed by atoms with Crippen molar-refractivity contribution in [1.29, 1.82) is 0 Å². The van der Waals surface area contributed by atoms with E-state index in [-0.39, 0.29) is 0 Å². The molecule has 0 fully saturated rings. The lowest BCUT2D eigenvalue weighted by atomic mass is 10.3. The van der Waals surface area contributed by atoms with Crippen LogP contribution in [-0.2, 0) is 0 Å². The van der Waals surface area contributed by atoms with Crippen LogP contribution in [0.1, 0.15) is 5.56 Å². The highest BCUT2D eigenvalue weighted by Crippen LogP contribution is 2.13. The average molecular weight is 197 g/mol. The maximum atomic E-state index is 5.76. The van der Waals surface area contributed by atoms with E-state index in [9.17, 15) is 0 Å². The summed E-state index contributed by atoms with van der Waals surface area (Å²) in [5.41, 5.74) is 6.10. The summed E-state index contributed by atoms with van der Waals surface area (Å²) in [6.07, 6.45) is 4.52. The highest BCUT2D eigenvalue weighted by atomic mass is 35.5. The second-order valence-electron chi connectivity index (χ2n) is 2.25. The van der Waals surface area contributed by atoms with Gasteiger partial charge in [0.1, 0.15) is 17.3 Å². The van der Waals surface area contributed by atoms with Crippen LogP contribution in [0.4, 0.5) is 5.82 Å². The first-order chi connectivity index (χ1) is 6.25. The zero-order chi connectivity index (χ0) is 9.68. The van der Waals surface area contributed by atoms with Crippen LogP contribution in [0.5, 0.6) is 0 Å². The molecule has 0 aromatic carbocycles. The Hall–Kier alpha value is -1.42. The largest absolute Gasteiger partial charge is 0.383 e. The molecule has 0 saturated heterocycles. The smallest absolute Gasteiger partial charge is 0.143 e. The van der Waals surface area contributed by atoms with Gasteiger partial charge < -0.3 is 5.73 Å². The number of nitrogens with two attached hydrogens (primary N) is 1. The molecule has 0 aliphatic carbocycles. The molecule has 2 N–H and O–H groups in total. The van der Waals surface area contributed by atoms with Crippen LogP contribution < -0.4 is 5.73 Å². The fourth-order valence-corrected chi connectivity index (χ4v) is 0.914. The molecule has 13 heavy (non-hydrogen) atoms. The van der Waals surface area contributed by atoms with E-state index < -0.39 is 0 Å². The van der Waals surface area contributed by atoms with Crippen molar-refractivity contribution < 1.29 is 0 Å². The Morgan fingerprint density at radius 1 is 1.62 bits per heavy atom. The molecule has 1 aromatic heterocycles. The van der Waals surface area contributed by atoms with E-state index in [0.29, 0.717) is 23.1 Å². The van der Waals surface area contributed by atoms with Gasteiger partial charge in [-0.1, -0.05) is 17.7 Å². The van der Waals surface area contributed by atoms with Crippen LogP contribution in [0, 0.1) is 0 Å². The number of nitrogens with zero attached hydrogens (tertiary/aromatic N) is 3. The molecule has 1 heterocycles. The van der Waals surface area contributed by atoms with Crippen LogP contribution in [-0.4, -0.2) is 22.7 Å². The standard InChI is InChI=1S/C8H9ClN4/c1-2-3-11-4-6-7(9)12-5-13-8(6)10/h2,4-5H,1,3H2,(H2,10,12,13). The van der Waals surface area contributed by atoms with Crippen molar-refractivity contribution in [3.05, 3.63) is 29.7 Å². The van der Waals surface area contributed by atoms with Crippen LogP contribution in [0.3, 0.4) is 0 Å². The van der Waals surface area contributed by atoms with Gasteiger partial charge in [-0.05, 0) is 0 Å². The summed E-state index contributed by atoms with van der Waals surface area (Å²) in [6, 6.07) is 0. The first-order valence-electron chi connectivity index (χ1n) is 3.62. The lowest BCUT2D eigenvalue weighted by Gasteiger charge is -1.98. The lowest BCUT2D eigenvalue weighted by Crippen LogP contribution is -1.99. The average Bonchev–Trinajstić information content (AvgIpc) is 2.10. The van der Waals surface area contributed by atoms with E-state index in [1.807, 2.05) is 0 Å². The van der Waals surface area contributed by atoms with Crippen molar-refractivity contribution in [3.8, 4) is 0 Å². The zero-order valence-corrected chi connectivity index (χ0v) is 7.70. The summed E-state index contributed by atoms with van der Waals surface area (Å²) in [7, 11) is 0. The number of hydrogen-bond acceptors (Lipinski definition) is 4. The van der Waals surface area contributed by atoms with Crippen LogP contribution >= 0.6 is 11.6 Å². The Labute approximate surface area is 81.2 Å². The number of nitrogen functional groups attached to an aromatic ring is 1. The second kappa shape index (κ2) is 4.57. The number of aromatic nitrogens is 2. The van der Waals surface area contributed by atoms with E-state index in [1.54, 1.807) is 12.3 Å². The Balaban J connectivity index is 2.92. The van der Waals surface area contributed by atoms with Crippen molar-refractivity contribution >= 4 is 23.6 Å². The molecule has 1 rings (SSSR count). The van der Waals surface area contributed by atoms with E-state index in [1.165, 1.54) is 6.33 Å². The molecule has 0 bridgehead atoms. The molecule has 0 saturated carbocycles. The number of rotatable bonds is 3. The van der Waals surface area contributed by atoms with Crippen molar-refractivity contribution in [1.82, 2.24) is 9.97 Å². The molecular weight excluding hydrogens is 188 g/mol. The fourth-order valence-electron chi connectivity index (χ4n) is 0.724. The molecule has 4 nitrogen and oxygen atoms in total. The molecule has 0 aliphatic rings. The van der Waals surface area contributed by atoms with Crippen LogP contribution in [0.25, 0.3) is 0 Å². The minimum Gasteiger partial charge on any atom is -0.383 e. The Bertz CT molecular complexity index is 315. The second-order valence-corrected chi connectivity index (χ2v) is 2.60. The van der Waals surface area contributed by atoms with E-state index >= 15 is 0 Å². The van der Waals surface area contributed by atoms with Crippen LogP contribution in [0.2, 0.25) is 5.15 Å². The highest BCUT2D eigenvalue weighted by Gasteiger charge is 2.02. The summed E-state index contributed by atoms with van der Waals surface area (Å²) in [5.74, 6) is 0.327. The third kappa shape index (κ3) is 2.52. The summed E-state index contributed by atoms with van der Waals surface area (Å²) in [6.45, 7) is 4.05. The molecule has 0 atom stereocenters. The molecular formula is C8H9ClN4. The van der Waals surface area contributed by atoms with Crippen molar-refractivity contribution in [2.75, 3.05) is 12.3 Å². The van der Waals surface area contributed by atoms with Gasteiger partial charge >= 0.3 is 0 Å². The first-order valence-corrected chi connectivity index (χ1v) is 4.00. The van der Waals surface area contributed by atoms with Gasteiger partial charge in [-0.2, -0.15) is 0 Å². The fraction of sp³-hybridized carbons (Fsp3) is 0.125. The van der Waals surface area contributed by atoms with Gasteiger partial charge in [0.2, 0.25) is 0 Å². The van der Waals surface area contributed by atoms with Crippen molar-refractivity contribution in [2.45, 2.75) is 0 Å². The summed E-state index contributed by atoms with van der Waals surface area (Å²) in [5, 5.41) is 0.306.